The number of hydrogen-bond acceptors (Lipinski definition) is 8. The first-order valence-electron chi connectivity index (χ1n) is 12.2. The molecule has 204 valence electrons. The quantitative estimate of drug-likeness (QED) is 0.381. The van der Waals surface area contributed by atoms with Gasteiger partial charge in [-0.3, -0.25) is 4.79 Å². The Morgan fingerprint density at radius 3 is 1.59 bits per heavy atom. The van der Waals surface area contributed by atoms with Gasteiger partial charge < -0.3 is 4.74 Å². The molecular formula is C28H26O8S3. The number of fused-ring (bicyclic) bond motifs is 1. The number of hydrogen-bond donors (Lipinski definition) is 0. The SMILES string of the molecule is COC(=O)[C@H]1CC(S(=O)(=O)c2ccccc2)=C2CC(S(=O)(=O)c3ccccc3)(S(=O)(=O)c3ccccc3)C[C@H]21. The van der Waals surface area contributed by atoms with Gasteiger partial charge in [-0.25, -0.2) is 25.3 Å². The van der Waals surface area contributed by atoms with Crippen molar-refractivity contribution >= 4 is 35.5 Å². The largest absolute Gasteiger partial charge is 0.469 e. The predicted octanol–water partition coefficient (Wildman–Crippen LogP) is 3.96. The zero-order valence-corrected chi connectivity index (χ0v) is 23.4. The van der Waals surface area contributed by atoms with Crippen LogP contribution in [0.25, 0.3) is 0 Å². The Labute approximate surface area is 228 Å². The first-order valence-corrected chi connectivity index (χ1v) is 16.6. The molecule has 5 rings (SSSR count). The molecule has 0 saturated heterocycles. The molecule has 2 aliphatic carbocycles. The van der Waals surface area contributed by atoms with Crippen LogP contribution in [0.4, 0.5) is 0 Å². The van der Waals surface area contributed by atoms with Crippen molar-refractivity contribution in [2.75, 3.05) is 7.11 Å². The van der Waals surface area contributed by atoms with Crippen LogP contribution in [0, 0.1) is 11.8 Å². The van der Waals surface area contributed by atoms with E-state index in [9.17, 15) is 30.0 Å². The van der Waals surface area contributed by atoms with E-state index in [1.54, 1.807) is 30.3 Å². The second kappa shape index (κ2) is 9.72. The molecule has 0 heterocycles. The fraction of sp³-hybridized carbons (Fsp3) is 0.250. The highest BCUT2D eigenvalue weighted by Gasteiger charge is 2.65. The summed E-state index contributed by atoms with van der Waals surface area (Å²) in [7, 11) is -12.2. The normalized spacial score (nSPS) is 20.9. The van der Waals surface area contributed by atoms with E-state index >= 15 is 0 Å². The first kappa shape index (κ1) is 27.3. The molecule has 0 N–H and O–H groups in total. The van der Waals surface area contributed by atoms with Gasteiger partial charge in [-0.1, -0.05) is 54.6 Å². The number of carbonyl (C=O) groups excluding carboxylic acids is 1. The second-order valence-corrected chi connectivity index (χ2v) is 16.4. The van der Waals surface area contributed by atoms with E-state index in [0.717, 1.165) is 7.11 Å². The smallest absolute Gasteiger partial charge is 0.309 e. The molecule has 1 fully saturated rings. The average Bonchev–Trinajstić information content (AvgIpc) is 3.52. The van der Waals surface area contributed by atoms with Gasteiger partial charge in [-0.05, 0) is 60.7 Å². The summed E-state index contributed by atoms with van der Waals surface area (Å²) in [6, 6.07) is 22.1. The lowest BCUT2D eigenvalue weighted by Crippen LogP contribution is -2.45. The fourth-order valence-electron chi connectivity index (χ4n) is 5.72. The maximum absolute atomic E-state index is 14.3. The van der Waals surface area contributed by atoms with Crippen molar-refractivity contribution in [3.8, 4) is 0 Å². The highest BCUT2D eigenvalue weighted by atomic mass is 32.3. The standard InChI is InChI=1S/C28H26O8S3/c1-36-27(29)23-17-26(37(30,31)20-11-5-2-6-12-20)25-19-28(18-24(23)25,38(32,33)21-13-7-3-8-14-21)39(34,35)22-15-9-4-10-16-22/h2-16,23-24H,17-19H2,1H3/t23-,24-/m0/s1. The lowest BCUT2D eigenvalue weighted by molar-refractivity contribution is -0.146. The number of ether oxygens (including phenoxy) is 1. The highest BCUT2D eigenvalue weighted by molar-refractivity contribution is 8.10. The monoisotopic (exact) mass is 586 g/mol. The minimum atomic E-state index is -4.61. The molecule has 39 heavy (non-hydrogen) atoms. The van der Waals surface area contributed by atoms with Crippen molar-refractivity contribution in [2.45, 2.75) is 38.0 Å². The van der Waals surface area contributed by atoms with E-state index in [1.165, 1.54) is 60.7 Å². The number of allylic oxidation sites excluding steroid dienone is 2. The fourth-order valence-corrected chi connectivity index (χ4v) is 12.6. The van der Waals surface area contributed by atoms with Gasteiger partial charge in [0.2, 0.25) is 9.84 Å². The van der Waals surface area contributed by atoms with Crippen LogP contribution in [0.15, 0.2) is 116 Å². The van der Waals surface area contributed by atoms with Crippen molar-refractivity contribution in [3.63, 3.8) is 0 Å². The minimum absolute atomic E-state index is 0.0221. The third-order valence-corrected chi connectivity index (χ3v) is 15.3. The van der Waals surface area contributed by atoms with Crippen LogP contribution in [0.1, 0.15) is 19.3 Å². The summed E-state index contributed by atoms with van der Waals surface area (Å²) in [5.74, 6) is -2.72. The van der Waals surface area contributed by atoms with Crippen LogP contribution in [0.5, 0.6) is 0 Å². The van der Waals surface area contributed by atoms with Crippen LogP contribution < -0.4 is 0 Å². The van der Waals surface area contributed by atoms with Gasteiger partial charge in [0, 0.05) is 11.3 Å². The van der Waals surface area contributed by atoms with Gasteiger partial charge in [-0.15, -0.1) is 0 Å². The Morgan fingerprint density at radius 2 is 1.15 bits per heavy atom. The lowest BCUT2D eigenvalue weighted by Gasteiger charge is -2.30. The summed E-state index contributed by atoms with van der Waals surface area (Å²) < 4.78 is 87.3. The van der Waals surface area contributed by atoms with Crippen LogP contribution in [0.2, 0.25) is 0 Å². The summed E-state index contributed by atoms with van der Waals surface area (Å²) in [5.41, 5.74) is 0.147. The van der Waals surface area contributed by atoms with Crippen molar-refractivity contribution in [1.82, 2.24) is 0 Å². The Balaban J connectivity index is 1.79. The number of methoxy groups -OCH3 is 1. The van der Waals surface area contributed by atoms with Gasteiger partial charge in [0.1, 0.15) is 0 Å². The molecule has 0 unspecified atom stereocenters. The molecule has 2 atom stereocenters. The van der Waals surface area contributed by atoms with Crippen LogP contribution in [0.3, 0.4) is 0 Å². The second-order valence-electron chi connectivity index (χ2n) is 9.63. The van der Waals surface area contributed by atoms with Crippen LogP contribution in [-0.2, 0) is 39.0 Å². The Bertz CT molecular complexity index is 1690. The van der Waals surface area contributed by atoms with E-state index in [2.05, 4.69) is 0 Å². The number of benzene rings is 3. The number of rotatable bonds is 7. The predicted molar refractivity (Wildman–Crippen MR) is 143 cm³/mol. The number of sulfone groups is 3. The summed E-state index contributed by atoms with van der Waals surface area (Å²) >= 11 is 0. The van der Waals surface area contributed by atoms with Gasteiger partial charge in [0.15, 0.2) is 23.8 Å². The Kier molecular flexibility index (Phi) is 6.80. The third kappa shape index (κ3) is 4.14. The molecule has 0 radical (unpaired) electrons. The topological polar surface area (TPSA) is 129 Å². The van der Waals surface area contributed by atoms with Gasteiger partial charge in [0.05, 0.1) is 27.7 Å². The maximum Gasteiger partial charge on any atom is 0.309 e. The maximum atomic E-state index is 14.3. The molecule has 0 spiro atoms. The van der Waals surface area contributed by atoms with Gasteiger partial charge in [0.25, 0.3) is 0 Å². The molecular weight excluding hydrogens is 561 g/mol. The van der Waals surface area contributed by atoms with Crippen molar-refractivity contribution in [1.29, 1.82) is 0 Å². The summed E-state index contributed by atoms with van der Waals surface area (Å²) in [5, 5.41) is 0. The molecule has 0 amide bonds. The molecule has 0 aromatic heterocycles. The van der Waals surface area contributed by atoms with Crippen LogP contribution in [-0.4, -0.2) is 42.4 Å². The van der Waals surface area contributed by atoms with E-state index in [-0.39, 0.29) is 31.6 Å². The van der Waals surface area contributed by atoms with E-state index in [0.29, 0.717) is 0 Å². The van der Waals surface area contributed by atoms with E-state index in [4.69, 9.17) is 4.74 Å². The van der Waals surface area contributed by atoms with Gasteiger partial charge >= 0.3 is 5.97 Å². The highest BCUT2D eigenvalue weighted by Crippen LogP contribution is 2.59. The van der Waals surface area contributed by atoms with Gasteiger partial charge in [-0.2, -0.15) is 0 Å². The summed E-state index contributed by atoms with van der Waals surface area (Å²) in [6.07, 6.45) is -1.26. The molecule has 3 aromatic rings. The molecule has 0 aliphatic heterocycles. The summed E-state index contributed by atoms with van der Waals surface area (Å²) in [6.45, 7) is 0. The third-order valence-electron chi connectivity index (χ3n) is 7.66. The number of esters is 1. The Hall–Kier alpha value is -3.28. The molecule has 1 saturated carbocycles. The van der Waals surface area contributed by atoms with Crippen molar-refractivity contribution in [2.24, 2.45) is 11.8 Å². The molecule has 0 bridgehead atoms. The molecule has 11 heteroatoms. The van der Waals surface area contributed by atoms with Crippen molar-refractivity contribution in [3.05, 3.63) is 101 Å². The minimum Gasteiger partial charge on any atom is -0.469 e. The zero-order chi connectivity index (χ0) is 28.1. The summed E-state index contributed by atoms with van der Waals surface area (Å²) in [4.78, 5) is 12.3. The molecule has 8 nitrogen and oxygen atoms in total. The molecule has 3 aromatic carbocycles. The van der Waals surface area contributed by atoms with E-state index < -0.39 is 64.2 Å². The molecule has 2 aliphatic rings. The number of carbonyl (C=O) groups is 1. The Morgan fingerprint density at radius 1 is 0.718 bits per heavy atom. The van der Waals surface area contributed by atoms with E-state index in [1.807, 2.05) is 0 Å². The lowest BCUT2D eigenvalue weighted by atomic mass is 9.93. The van der Waals surface area contributed by atoms with Crippen molar-refractivity contribution < 1.29 is 34.8 Å². The van der Waals surface area contributed by atoms with Crippen LogP contribution >= 0.6 is 0 Å². The average molecular weight is 587 g/mol. The first-order chi connectivity index (χ1) is 18.5. The zero-order valence-electron chi connectivity index (χ0n) is 20.9.